The Morgan fingerprint density at radius 1 is 1.17 bits per heavy atom. The number of amides is 2. The summed E-state index contributed by atoms with van der Waals surface area (Å²) in [4.78, 5) is 28.7. The highest BCUT2D eigenvalue weighted by molar-refractivity contribution is 5.74. The largest absolute Gasteiger partial charge is 0.481 e. The summed E-state index contributed by atoms with van der Waals surface area (Å²) in [5.41, 5.74) is 0.931. The van der Waals surface area contributed by atoms with Crippen molar-refractivity contribution in [1.29, 1.82) is 0 Å². The minimum atomic E-state index is -0.0700. The maximum absolute atomic E-state index is 12.3. The van der Waals surface area contributed by atoms with E-state index in [2.05, 4.69) is 25.2 Å². The number of nitrogens with zero attached hydrogens (tertiary/aromatic N) is 5. The molecule has 1 aliphatic heterocycles. The number of carbonyl (C=O) groups excluding carboxylic acids is 1. The summed E-state index contributed by atoms with van der Waals surface area (Å²) in [5.74, 6) is 1.27. The van der Waals surface area contributed by atoms with Crippen LogP contribution in [-0.2, 0) is 6.54 Å². The number of anilines is 1. The summed E-state index contributed by atoms with van der Waals surface area (Å²) in [5, 5.41) is 2.92. The highest BCUT2D eigenvalue weighted by atomic mass is 16.5. The van der Waals surface area contributed by atoms with Gasteiger partial charge in [0, 0.05) is 57.4 Å². The molecule has 0 spiro atoms. The Kier molecular flexibility index (Phi) is 5.05. The quantitative estimate of drug-likeness (QED) is 0.898. The molecule has 0 aliphatic carbocycles. The third-order valence-corrected chi connectivity index (χ3v) is 3.85. The molecule has 0 aromatic carbocycles. The fourth-order valence-electron chi connectivity index (χ4n) is 2.49. The van der Waals surface area contributed by atoms with Crippen molar-refractivity contribution in [3.8, 4) is 5.88 Å². The Balaban J connectivity index is 1.46. The molecule has 0 bridgehead atoms. The first-order valence-corrected chi connectivity index (χ1v) is 7.80. The molecule has 2 amide bonds. The SMILES string of the molecule is COc1ccc(CNC(=O)N2CCN(c3ncccn3)CC2)cn1. The Hall–Kier alpha value is -2.90. The van der Waals surface area contributed by atoms with E-state index in [4.69, 9.17) is 4.74 Å². The van der Waals surface area contributed by atoms with Gasteiger partial charge in [0.1, 0.15) is 0 Å². The molecular formula is C16H20N6O2. The van der Waals surface area contributed by atoms with Gasteiger partial charge in [-0.05, 0) is 11.6 Å². The number of ether oxygens (including phenoxy) is 1. The lowest BCUT2D eigenvalue weighted by Crippen LogP contribution is -2.52. The number of nitrogens with one attached hydrogen (secondary N) is 1. The normalized spacial score (nSPS) is 14.4. The van der Waals surface area contributed by atoms with Crippen LogP contribution >= 0.6 is 0 Å². The fraction of sp³-hybridized carbons (Fsp3) is 0.375. The van der Waals surface area contributed by atoms with E-state index in [1.165, 1.54) is 0 Å². The monoisotopic (exact) mass is 328 g/mol. The summed E-state index contributed by atoms with van der Waals surface area (Å²) in [6, 6.07) is 5.39. The zero-order chi connectivity index (χ0) is 16.8. The van der Waals surface area contributed by atoms with Crippen LogP contribution in [0.3, 0.4) is 0 Å². The zero-order valence-corrected chi connectivity index (χ0v) is 13.6. The van der Waals surface area contributed by atoms with Crippen molar-refractivity contribution < 1.29 is 9.53 Å². The van der Waals surface area contributed by atoms with Crippen molar-refractivity contribution in [3.05, 3.63) is 42.4 Å². The van der Waals surface area contributed by atoms with Crippen LogP contribution in [-0.4, -0.2) is 59.2 Å². The summed E-state index contributed by atoms with van der Waals surface area (Å²) < 4.78 is 5.01. The molecule has 0 radical (unpaired) electrons. The molecule has 3 rings (SSSR count). The minimum absolute atomic E-state index is 0.0700. The number of piperazine rings is 1. The van der Waals surface area contributed by atoms with Gasteiger partial charge in [-0.2, -0.15) is 0 Å². The van der Waals surface area contributed by atoms with Crippen molar-refractivity contribution in [2.75, 3.05) is 38.2 Å². The molecule has 0 atom stereocenters. The predicted octanol–water partition coefficient (Wildman–Crippen LogP) is 0.912. The van der Waals surface area contributed by atoms with E-state index in [9.17, 15) is 4.79 Å². The minimum Gasteiger partial charge on any atom is -0.481 e. The van der Waals surface area contributed by atoms with E-state index in [1.807, 2.05) is 6.07 Å². The Labute approximate surface area is 140 Å². The van der Waals surface area contributed by atoms with E-state index in [0.717, 1.165) is 18.7 Å². The van der Waals surface area contributed by atoms with Gasteiger partial charge in [0.2, 0.25) is 11.8 Å². The topological polar surface area (TPSA) is 83.5 Å². The van der Waals surface area contributed by atoms with Crippen LogP contribution in [0, 0.1) is 0 Å². The molecule has 0 unspecified atom stereocenters. The van der Waals surface area contributed by atoms with E-state index in [0.29, 0.717) is 31.5 Å². The second kappa shape index (κ2) is 7.58. The van der Waals surface area contributed by atoms with E-state index in [-0.39, 0.29) is 6.03 Å². The fourth-order valence-corrected chi connectivity index (χ4v) is 2.49. The molecule has 2 aromatic heterocycles. The first-order valence-electron chi connectivity index (χ1n) is 7.80. The second-order valence-electron chi connectivity index (χ2n) is 5.39. The lowest BCUT2D eigenvalue weighted by atomic mass is 10.3. The van der Waals surface area contributed by atoms with Crippen LogP contribution in [0.15, 0.2) is 36.8 Å². The summed E-state index contributed by atoms with van der Waals surface area (Å²) in [6.45, 7) is 3.18. The summed E-state index contributed by atoms with van der Waals surface area (Å²) >= 11 is 0. The molecule has 3 heterocycles. The average Bonchev–Trinajstić information content (AvgIpc) is 2.67. The molecule has 1 fully saturated rings. The van der Waals surface area contributed by atoms with E-state index >= 15 is 0 Å². The average molecular weight is 328 g/mol. The van der Waals surface area contributed by atoms with Crippen molar-refractivity contribution in [2.45, 2.75) is 6.54 Å². The molecular weight excluding hydrogens is 308 g/mol. The lowest BCUT2D eigenvalue weighted by molar-refractivity contribution is 0.193. The summed E-state index contributed by atoms with van der Waals surface area (Å²) in [6.07, 6.45) is 5.15. The standard InChI is InChI=1S/C16H20N6O2/c1-24-14-4-3-13(11-19-14)12-20-16(23)22-9-7-21(8-10-22)15-17-5-2-6-18-15/h2-6,11H,7-10,12H2,1H3,(H,20,23). The van der Waals surface area contributed by atoms with Crippen LogP contribution in [0.2, 0.25) is 0 Å². The van der Waals surface area contributed by atoms with Gasteiger partial charge in [0.25, 0.3) is 0 Å². The van der Waals surface area contributed by atoms with Gasteiger partial charge in [0.05, 0.1) is 7.11 Å². The second-order valence-corrected chi connectivity index (χ2v) is 5.39. The van der Waals surface area contributed by atoms with Gasteiger partial charge in [-0.3, -0.25) is 0 Å². The van der Waals surface area contributed by atoms with Gasteiger partial charge in [0.15, 0.2) is 0 Å². The Morgan fingerprint density at radius 3 is 2.54 bits per heavy atom. The molecule has 1 aliphatic rings. The van der Waals surface area contributed by atoms with Gasteiger partial charge < -0.3 is 19.9 Å². The van der Waals surface area contributed by atoms with Gasteiger partial charge >= 0.3 is 6.03 Å². The number of aromatic nitrogens is 3. The van der Waals surface area contributed by atoms with Crippen LogP contribution in [0.5, 0.6) is 5.88 Å². The predicted molar refractivity (Wildman–Crippen MR) is 88.8 cm³/mol. The summed E-state index contributed by atoms with van der Waals surface area (Å²) in [7, 11) is 1.57. The number of carbonyl (C=O) groups is 1. The molecule has 126 valence electrons. The number of urea groups is 1. The van der Waals surface area contributed by atoms with Crippen LogP contribution in [0.1, 0.15) is 5.56 Å². The number of methoxy groups -OCH3 is 1. The first kappa shape index (κ1) is 16.0. The highest BCUT2D eigenvalue weighted by Gasteiger charge is 2.22. The van der Waals surface area contributed by atoms with Crippen molar-refractivity contribution in [3.63, 3.8) is 0 Å². The zero-order valence-electron chi connectivity index (χ0n) is 13.6. The Morgan fingerprint density at radius 2 is 1.92 bits per heavy atom. The molecule has 1 saturated heterocycles. The van der Waals surface area contributed by atoms with Gasteiger partial charge in [-0.25, -0.2) is 19.7 Å². The molecule has 2 aromatic rings. The maximum Gasteiger partial charge on any atom is 0.317 e. The number of rotatable bonds is 4. The lowest BCUT2D eigenvalue weighted by Gasteiger charge is -2.34. The Bertz CT molecular complexity index is 656. The van der Waals surface area contributed by atoms with Crippen LogP contribution < -0.4 is 15.0 Å². The molecule has 24 heavy (non-hydrogen) atoms. The van der Waals surface area contributed by atoms with E-state index in [1.54, 1.807) is 42.7 Å². The smallest absolute Gasteiger partial charge is 0.317 e. The van der Waals surface area contributed by atoms with Gasteiger partial charge in [-0.1, -0.05) is 6.07 Å². The van der Waals surface area contributed by atoms with Crippen LogP contribution in [0.4, 0.5) is 10.7 Å². The van der Waals surface area contributed by atoms with E-state index < -0.39 is 0 Å². The van der Waals surface area contributed by atoms with Crippen molar-refractivity contribution in [1.82, 2.24) is 25.2 Å². The number of pyridine rings is 1. The number of hydrogen-bond acceptors (Lipinski definition) is 6. The molecule has 0 saturated carbocycles. The van der Waals surface area contributed by atoms with Crippen LogP contribution in [0.25, 0.3) is 0 Å². The first-order chi connectivity index (χ1) is 11.8. The van der Waals surface area contributed by atoms with Gasteiger partial charge in [-0.15, -0.1) is 0 Å². The molecule has 8 heteroatoms. The maximum atomic E-state index is 12.3. The van der Waals surface area contributed by atoms with Crippen molar-refractivity contribution >= 4 is 12.0 Å². The third-order valence-electron chi connectivity index (χ3n) is 3.85. The van der Waals surface area contributed by atoms with Crippen molar-refractivity contribution in [2.24, 2.45) is 0 Å². The highest BCUT2D eigenvalue weighted by Crippen LogP contribution is 2.10. The third kappa shape index (κ3) is 3.89. The number of hydrogen-bond donors (Lipinski definition) is 1. The molecule has 8 nitrogen and oxygen atoms in total. The molecule has 1 N–H and O–H groups in total.